The molecule has 0 saturated carbocycles. The molecule has 5 atom stereocenters. The van der Waals surface area contributed by atoms with Crippen LogP contribution in [0.4, 0.5) is 0 Å². The van der Waals surface area contributed by atoms with Crippen molar-refractivity contribution >= 4 is 22.7 Å². The number of hydrogen-bond donors (Lipinski definition) is 2. The highest BCUT2D eigenvalue weighted by molar-refractivity contribution is 5.89. The Morgan fingerprint density at radius 3 is 2.78 bits per heavy atom. The van der Waals surface area contributed by atoms with E-state index >= 15 is 0 Å². The molecule has 3 aliphatic heterocycles. The maximum Gasteiger partial charge on any atom is 0.245 e. The third-order valence-corrected chi connectivity index (χ3v) is 8.49. The molecule has 0 aliphatic carbocycles. The lowest BCUT2D eigenvalue weighted by Crippen LogP contribution is -2.58. The maximum absolute atomic E-state index is 13.8. The summed E-state index contributed by atoms with van der Waals surface area (Å²) in [4.78, 5) is 31.1. The van der Waals surface area contributed by atoms with Crippen LogP contribution in [0.3, 0.4) is 0 Å². The summed E-state index contributed by atoms with van der Waals surface area (Å²) in [5.74, 6) is 1.13. The van der Waals surface area contributed by atoms with Crippen LogP contribution in [0.5, 0.6) is 5.75 Å². The van der Waals surface area contributed by atoms with Gasteiger partial charge in [-0.1, -0.05) is 36.4 Å². The smallest absolute Gasteiger partial charge is 0.245 e. The lowest BCUT2D eigenvalue weighted by atomic mass is 9.70. The van der Waals surface area contributed by atoms with E-state index in [-0.39, 0.29) is 41.5 Å². The number of piperidine rings is 1. The number of nitrogens with one attached hydrogen (secondary N) is 2. The predicted molar refractivity (Wildman–Crippen MR) is 141 cm³/mol. The summed E-state index contributed by atoms with van der Waals surface area (Å²) in [5, 5.41) is 4.01. The van der Waals surface area contributed by atoms with Gasteiger partial charge in [0, 0.05) is 60.9 Å². The van der Waals surface area contributed by atoms with Crippen molar-refractivity contribution in [1.29, 1.82) is 0 Å². The third-order valence-electron chi connectivity index (χ3n) is 8.49. The molecular formula is C30H35N3O4. The van der Waals surface area contributed by atoms with E-state index < -0.39 is 6.04 Å². The fourth-order valence-electron chi connectivity index (χ4n) is 6.64. The van der Waals surface area contributed by atoms with Crippen LogP contribution < -0.4 is 10.1 Å². The van der Waals surface area contributed by atoms with Crippen LogP contribution in [0.15, 0.2) is 54.7 Å². The fourth-order valence-corrected chi connectivity index (χ4v) is 6.64. The number of aromatic amines is 1. The van der Waals surface area contributed by atoms with Crippen LogP contribution in [-0.2, 0) is 20.7 Å². The van der Waals surface area contributed by atoms with Crippen LogP contribution in [-0.4, -0.2) is 52.5 Å². The Labute approximate surface area is 217 Å². The summed E-state index contributed by atoms with van der Waals surface area (Å²) in [6.45, 7) is 7.02. The molecule has 3 aromatic rings. The third kappa shape index (κ3) is 4.39. The Balaban J connectivity index is 1.20. The van der Waals surface area contributed by atoms with Crippen molar-refractivity contribution in [3.8, 4) is 5.75 Å². The fraction of sp³-hybridized carbons (Fsp3) is 0.467. The number of ether oxygens (including phenoxy) is 2. The van der Waals surface area contributed by atoms with Crippen molar-refractivity contribution in [3.63, 3.8) is 0 Å². The lowest BCUT2D eigenvalue weighted by molar-refractivity contribution is -0.189. The topological polar surface area (TPSA) is 83.7 Å². The van der Waals surface area contributed by atoms with Gasteiger partial charge < -0.3 is 24.7 Å². The van der Waals surface area contributed by atoms with E-state index in [2.05, 4.69) is 30.2 Å². The molecule has 2 fully saturated rings. The number of nitrogens with zero attached hydrogens (tertiary/aromatic N) is 1. The Hall–Kier alpha value is -3.32. The van der Waals surface area contributed by atoms with Gasteiger partial charge in [-0.3, -0.25) is 9.59 Å². The van der Waals surface area contributed by atoms with Crippen LogP contribution >= 0.6 is 0 Å². The molecule has 0 unspecified atom stereocenters. The molecule has 0 bridgehead atoms. The number of carbonyl (C=O) groups excluding carboxylic acids is 2. The Morgan fingerprint density at radius 2 is 1.95 bits per heavy atom. The number of amides is 2. The lowest BCUT2D eigenvalue weighted by Gasteiger charge is -2.53. The summed E-state index contributed by atoms with van der Waals surface area (Å²) in [7, 11) is 0. The molecule has 0 radical (unpaired) electrons. The first-order valence-corrected chi connectivity index (χ1v) is 13.3. The van der Waals surface area contributed by atoms with Crippen LogP contribution in [0.1, 0.15) is 50.8 Å². The summed E-state index contributed by atoms with van der Waals surface area (Å²) in [5.41, 5.74) is 2.83. The van der Waals surface area contributed by atoms with Gasteiger partial charge in [0.1, 0.15) is 17.4 Å². The van der Waals surface area contributed by atoms with Gasteiger partial charge in [0.25, 0.3) is 0 Å². The van der Waals surface area contributed by atoms with E-state index in [1.54, 1.807) is 0 Å². The molecule has 2 aromatic carbocycles. The zero-order valence-electron chi connectivity index (χ0n) is 21.7. The number of carbonyl (C=O) groups is 2. The molecule has 1 aromatic heterocycles. The molecule has 0 spiro atoms. The van der Waals surface area contributed by atoms with E-state index in [9.17, 15) is 9.59 Å². The Bertz CT molecular complexity index is 1330. The summed E-state index contributed by atoms with van der Waals surface area (Å²) >= 11 is 0. The van der Waals surface area contributed by atoms with Gasteiger partial charge in [-0.25, -0.2) is 0 Å². The second-order valence-corrected chi connectivity index (χ2v) is 11.3. The van der Waals surface area contributed by atoms with E-state index in [1.807, 2.05) is 53.6 Å². The first-order chi connectivity index (χ1) is 17.8. The Kier molecular flexibility index (Phi) is 5.98. The van der Waals surface area contributed by atoms with E-state index in [0.717, 1.165) is 40.6 Å². The molecular weight excluding hydrogens is 466 g/mol. The van der Waals surface area contributed by atoms with Crippen molar-refractivity contribution in [3.05, 3.63) is 65.9 Å². The van der Waals surface area contributed by atoms with Gasteiger partial charge >= 0.3 is 0 Å². The number of benzene rings is 2. The molecule has 4 heterocycles. The SMILES string of the molecule is CC(=O)N[C@@H](Cc1c[nH]c2ccccc12)C(=O)N1CC[C@H]2O[C@H]3c4ccccc4OC(C)(C)[C@@H]3C[C@H]2C1. The van der Waals surface area contributed by atoms with Crippen LogP contribution in [0.2, 0.25) is 0 Å². The monoisotopic (exact) mass is 501 g/mol. The second kappa shape index (κ2) is 9.21. The van der Waals surface area contributed by atoms with Gasteiger partial charge in [0.15, 0.2) is 0 Å². The van der Waals surface area contributed by atoms with Crippen molar-refractivity contribution in [1.82, 2.24) is 15.2 Å². The van der Waals surface area contributed by atoms with Crippen molar-refractivity contribution < 1.29 is 19.1 Å². The number of hydrogen-bond acceptors (Lipinski definition) is 4. The van der Waals surface area contributed by atoms with Crippen molar-refractivity contribution in [2.75, 3.05) is 13.1 Å². The molecule has 6 rings (SSSR count). The van der Waals surface area contributed by atoms with Crippen LogP contribution in [0.25, 0.3) is 10.9 Å². The molecule has 2 amide bonds. The van der Waals surface area contributed by atoms with Gasteiger partial charge in [0.2, 0.25) is 11.8 Å². The normalized spacial score (nSPS) is 26.8. The number of H-pyrrole nitrogens is 1. The zero-order valence-corrected chi connectivity index (χ0v) is 21.7. The highest BCUT2D eigenvalue weighted by Gasteiger charge is 2.51. The van der Waals surface area contributed by atoms with E-state index in [4.69, 9.17) is 9.47 Å². The van der Waals surface area contributed by atoms with Gasteiger partial charge in [0.05, 0.1) is 12.2 Å². The molecule has 2 N–H and O–H groups in total. The van der Waals surface area contributed by atoms with Gasteiger partial charge in [-0.05, 0) is 44.4 Å². The Morgan fingerprint density at radius 1 is 1.16 bits per heavy atom. The maximum atomic E-state index is 13.8. The van der Waals surface area contributed by atoms with Crippen molar-refractivity contribution in [2.45, 2.75) is 63.9 Å². The largest absolute Gasteiger partial charge is 0.487 e. The first kappa shape index (κ1) is 24.0. The van der Waals surface area contributed by atoms with Crippen molar-refractivity contribution in [2.24, 2.45) is 11.8 Å². The number of fused-ring (bicyclic) bond motifs is 5. The average Bonchev–Trinajstić information content (AvgIpc) is 3.29. The van der Waals surface area contributed by atoms with Gasteiger partial charge in [-0.2, -0.15) is 0 Å². The molecule has 7 nitrogen and oxygen atoms in total. The highest BCUT2D eigenvalue weighted by Crippen LogP contribution is 2.52. The minimum absolute atomic E-state index is 0.0115. The molecule has 3 aliphatic rings. The summed E-state index contributed by atoms with van der Waals surface area (Å²) in [6, 6.07) is 15.6. The molecule has 2 saturated heterocycles. The number of rotatable bonds is 4. The van der Waals surface area contributed by atoms with Gasteiger partial charge in [-0.15, -0.1) is 0 Å². The minimum atomic E-state index is -0.605. The summed E-state index contributed by atoms with van der Waals surface area (Å²) < 4.78 is 13.2. The van der Waals surface area contributed by atoms with Crippen LogP contribution in [0, 0.1) is 11.8 Å². The molecule has 194 valence electrons. The molecule has 7 heteroatoms. The number of likely N-dealkylation sites (tertiary alicyclic amines) is 1. The number of para-hydroxylation sites is 2. The van der Waals surface area contributed by atoms with E-state index in [1.165, 1.54) is 6.92 Å². The standard InChI is InChI=1S/C30H35N3O4/c1-18(34)32-25(15-19-16-31-24-10-6-4-8-21(19)24)29(35)33-13-12-26-20(17-33)14-23-28(36-26)22-9-5-7-11-27(22)37-30(23,2)3/h4-11,16,20,23,25-26,28,31H,12-15,17H2,1-3H3,(H,32,34)/t20-,23+,25-,26+,28-/m0/s1. The quantitative estimate of drug-likeness (QED) is 0.556. The van der Waals surface area contributed by atoms with E-state index in [0.29, 0.717) is 19.5 Å². The predicted octanol–water partition coefficient (Wildman–Crippen LogP) is 4.38. The average molecular weight is 502 g/mol. The minimum Gasteiger partial charge on any atom is -0.487 e. The highest BCUT2D eigenvalue weighted by atomic mass is 16.5. The zero-order chi connectivity index (χ0) is 25.7. The second-order valence-electron chi connectivity index (χ2n) is 11.3. The number of aromatic nitrogens is 1. The summed E-state index contributed by atoms with van der Waals surface area (Å²) in [6.07, 6.45) is 4.25. The molecule has 37 heavy (non-hydrogen) atoms. The first-order valence-electron chi connectivity index (χ1n) is 13.3.